The third-order valence-electron chi connectivity index (χ3n) is 3.98. The maximum Gasteiger partial charge on any atom is 0.410 e. The molecule has 2 atom stereocenters. The molecule has 0 saturated carbocycles. The van der Waals surface area contributed by atoms with Gasteiger partial charge >= 0.3 is 6.09 Å². The molecule has 1 fully saturated rings. The lowest BCUT2D eigenvalue weighted by molar-refractivity contribution is 0.000705. The van der Waals surface area contributed by atoms with E-state index in [9.17, 15) is 4.79 Å². The van der Waals surface area contributed by atoms with E-state index in [-0.39, 0.29) is 6.04 Å². The van der Waals surface area contributed by atoms with Crippen molar-refractivity contribution >= 4 is 37.9 Å². The van der Waals surface area contributed by atoms with Gasteiger partial charge in [-0.2, -0.15) is 0 Å². The van der Waals surface area contributed by atoms with Crippen LogP contribution >= 0.6 is 20.8 Å². The molecule has 26 heavy (non-hydrogen) atoms. The lowest BCUT2D eigenvalue weighted by Crippen LogP contribution is -2.55. The quantitative estimate of drug-likeness (QED) is 0.536. The molecule has 0 bridgehead atoms. The average molecular weight is 397 g/mol. The minimum Gasteiger partial charge on any atom is -0.444 e. The summed E-state index contributed by atoms with van der Waals surface area (Å²) in [5.74, 6) is 0. The van der Waals surface area contributed by atoms with E-state index in [0.717, 1.165) is 17.3 Å². The van der Waals surface area contributed by atoms with Crippen molar-refractivity contribution in [3.63, 3.8) is 0 Å². The Morgan fingerprint density at radius 3 is 2.54 bits per heavy atom. The topological polar surface area (TPSA) is 108 Å². The van der Waals surface area contributed by atoms with Crippen molar-refractivity contribution in [1.82, 2.24) is 4.90 Å². The second kappa shape index (κ2) is 7.77. The molecule has 0 aromatic heterocycles. The minimum atomic E-state index is -0.562. The van der Waals surface area contributed by atoms with Crippen molar-refractivity contribution in [2.75, 3.05) is 6.54 Å². The molecule has 0 radical (unpaired) electrons. The highest BCUT2D eigenvalue weighted by Crippen LogP contribution is 2.26. The first-order chi connectivity index (χ1) is 12.0. The SMILES string of the molecule is CC(C)(C)OC(=O)N1CCC1/C(N)=C(N)/C=C(\N)c1cc(Cl)ccc1P. The van der Waals surface area contributed by atoms with Crippen LogP contribution < -0.4 is 22.5 Å². The van der Waals surface area contributed by atoms with E-state index in [1.54, 1.807) is 23.1 Å². The summed E-state index contributed by atoms with van der Waals surface area (Å²) in [5.41, 5.74) is 19.8. The Kier molecular flexibility index (Phi) is 6.09. The normalized spacial score (nSPS) is 18.9. The number of nitrogens with two attached hydrogens (primary N) is 3. The summed E-state index contributed by atoms with van der Waals surface area (Å²) in [6.45, 7) is 6.04. The van der Waals surface area contributed by atoms with Gasteiger partial charge in [-0.3, -0.25) is 4.90 Å². The highest BCUT2D eigenvalue weighted by atomic mass is 35.5. The third kappa shape index (κ3) is 4.83. The van der Waals surface area contributed by atoms with Crippen LogP contribution in [-0.4, -0.2) is 29.2 Å². The first kappa shape index (κ1) is 20.4. The molecule has 1 aromatic carbocycles. The summed E-state index contributed by atoms with van der Waals surface area (Å²) >= 11 is 6.03. The van der Waals surface area contributed by atoms with Crippen LogP contribution in [-0.2, 0) is 4.74 Å². The number of allylic oxidation sites excluding steroid dienone is 1. The van der Waals surface area contributed by atoms with Gasteiger partial charge in [0.15, 0.2) is 0 Å². The molecular weight excluding hydrogens is 371 g/mol. The van der Waals surface area contributed by atoms with Crippen molar-refractivity contribution in [1.29, 1.82) is 0 Å². The van der Waals surface area contributed by atoms with Crippen LogP contribution in [0.5, 0.6) is 0 Å². The molecule has 1 aliphatic rings. The Labute approximate surface area is 161 Å². The Hall–Kier alpha value is -1.91. The number of hydrogen-bond donors (Lipinski definition) is 3. The molecule has 1 aliphatic heterocycles. The van der Waals surface area contributed by atoms with Crippen LogP contribution in [0.15, 0.2) is 35.7 Å². The minimum absolute atomic E-state index is 0.288. The second-order valence-corrected chi connectivity index (χ2v) is 8.28. The molecule has 0 spiro atoms. The van der Waals surface area contributed by atoms with Gasteiger partial charge in [-0.25, -0.2) is 4.79 Å². The van der Waals surface area contributed by atoms with Gasteiger partial charge in [0.1, 0.15) is 5.60 Å². The van der Waals surface area contributed by atoms with Crippen LogP contribution in [0.4, 0.5) is 4.79 Å². The van der Waals surface area contributed by atoms with Gasteiger partial charge in [0.2, 0.25) is 0 Å². The lowest BCUT2D eigenvalue weighted by Gasteiger charge is -2.41. The zero-order valence-electron chi connectivity index (χ0n) is 15.3. The van der Waals surface area contributed by atoms with Gasteiger partial charge in [-0.1, -0.05) is 17.7 Å². The third-order valence-corrected chi connectivity index (χ3v) is 4.72. The molecule has 1 saturated heterocycles. The van der Waals surface area contributed by atoms with E-state index in [1.165, 1.54) is 0 Å². The molecule has 2 unspecified atom stereocenters. The van der Waals surface area contributed by atoms with E-state index >= 15 is 0 Å². The van der Waals surface area contributed by atoms with E-state index in [4.69, 9.17) is 33.5 Å². The molecule has 1 amide bonds. The second-order valence-electron chi connectivity index (χ2n) is 7.22. The van der Waals surface area contributed by atoms with Gasteiger partial charge < -0.3 is 21.9 Å². The zero-order chi connectivity index (χ0) is 19.6. The number of ether oxygens (including phenoxy) is 1. The van der Waals surface area contributed by atoms with Crippen LogP contribution in [0.3, 0.4) is 0 Å². The fourth-order valence-electron chi connectivity index (χ4n) is 2.55. The lowest BCUT2D eigenvalue weighted by atomic mass is 9.98. The summed E-state index contributed by atoms with van der Waals surface area (Å²) in [4.78, 5) is 13.8. The van der Waals surface area contributed by atoms with Crippen LogP contribution in [0, 0.1) is 0 Å². The molecule has 8 heteroatoms. The van der Waals surface area contributed by atoms with Crippen LogP contribution in [0.2, 0.25) is 5.02 Å². The van der Waals surface area contributed by atoms with Crippen molar-refractivity contribution in [3.05, 3.63) is 46.3 Å². The molecule has 6 N–H and O–H groups in total. The maximum atomic E-state index is 12.2. The zero-order valence-corrected chi connectivity index (χ0v) is 17.2. The monoisotopic (exact) mass is 396 g/mol. The number of hydrogen-bond acceptors (Lipinski definition) is 5. The number of rotatable bonds is 3. The number of benzene rings is 1. The predicted molar refractivity (Wildman–Crippen MR) is 110 cm³/mol. The molecule has 6 nitrogen and oxygen atoms in total. The van der Waals surface area contributed by atoms with Gasteiger partial charge in [0, 0.05) is 22.8 Å². The summed E-state index contributed by atoms with van der Waals surface area (Å²) < 4.78 is 5.39. The summed E-state index contributed by atoms with van der Waals surface area (Å²) in [5, 5.41) is 1.47. The number of amides is 1. The predicted octanol–water partition coefficient (Wildman–Crippen LogP) is 2.28. The van der Waals surface area contributed by atoms with Crippen molar-refractivity contribution in [3.8, 4) is 0 Å². The summed E-state index contributed by atoms with van der Waals surface area (Å²) in [7, 11) is 2.60. The molecular formula is C18H26ClN4O2P. The molecule has 0 aliphatic carbocycles. The molecule has 2 rings (SSSR count). The summed E-state index contributed by atoms with van der Waals surface area (Å²) in [6.07, 6.45) is 1.93. The van der Waals surface area contributed by atoms with E-state index < -0.39 is 11.7 Å². The van der Waals surface area contributed by atoms with Gasteiger partial charge in [0.05, 0.1) is 17.4 Å². The number of carbonyl (C=O) groups is 1. The number of carbonyl (C=O) groups excluding carboxylic acids is 1. The summed E-state index contributed by atoms with van der Waals surface area (Å²) in [6, 6.07) is 5.10. The average Bonchev–Trinajstić information content (AvgIpc) is 2.46. The fourth-order valence-corrected chi connectivity index (χ4v) is 3.07. The van der Waals surface area contributed by atoms with Crippen molar-refractivity contribution < 1.29 is 9.53 Å². The van der Waals surface area contributed by atoms with Gasteiger partial charge in [-0.15, -0.1) is 9.24 Å². The number of nitrogens with zero attached hydrogens (tertiary/aromatic N) is 1. The first-order valence-electron chi connectivity index (χ1n) is 8.27. The molecule has 1 heterocycles. The molecule has 142 valence electrons. The number of likely N-dealkylation sites (tertiary alicyclic amines) is 1. The molecule has 1 aromatic rings. The fraction of sp³-hybridized carbons (Fsp3) is 0.389. The van der Waals surface area contributed by atoms with E-state index in [2.05, 4.69) is 9.24 Å². The Morgan fingerprint density at radius 1 is 1.35 bits per heavy atom. The van der Waals surface area contributed by atoms with Crippen LogP contribution in [0.1, 0.15) is 32.8 Å². The first-order valence-corrected chi connectivity index (χ1v) is 9.22. The smallest absolute Gasteiger partial charge is 0.410 e. The van der Waals surface area contributed by atoms with Crippen molar-refractivity contribution in [2.24, 2.45) is 17.2 Å². The Bertz CT molecular complexity index is 771. The Morgan fingerprint density at radius 2 is 2.00 bits per heavy atom. The van der Waals surface area contributed by atoms with Crippen molar-refractivity contribution in [2.45, 2.75) is 38.8 Å². The standard InChI is InChI=1S/C18H26ClN4O2P/c1-18(2,3)25-17(24)23-7-6-14(23)16(22)13(21)9-12(20)11-8-10(19)4-5-15(11)26/h4-5,8-9,14H,6-7,20-22,26H2,1-3H3/b12-9-,16-13+. The van der Waals surface area contributed by atoms with Crippen LogP contribution in [0.25, 0.3) is 5.70 Å². The van der Waals surface area contributed by atoms with E-state index in [1.807, 2.05) is 26.8 Å². The highest BCUT2D eigenvalue weighted by Gasteiger charge is 2.37. The number of halogens is 1. The maximum absolute atomic E-state index is 12.2. The Balaban J connectivity index is 2.20. The highest BCUT2D eigenvalue weighted by molar-refractivity contribution is 7.27. The van der Waals surface area contributed by atoms with Gasteiger partial charge in [-0.05, 0) is 50.7 Å². The largest absolute Gasteiger partial charge is 0.444 e. The van der Waals surface area contributed by atoms with Gasteiger partial charge in [0.25, 0.3) is 0 Å². The van der Waals surface area contributed by atoms with E-state index in [0.29, 0.717) is 28.7 Å².